The van der Waals surface area contributed by atoms with Gasteiger partial charge in [-0.05, 0) is 0 Å². The molecule has 71 valence electrons. The first kappa shape index (κ1) is 10.5. The van der Waals surface area contributed by atoms with Crippen molar-refractivity contribution in [1.29, 1.82) is 0 Å². The molecule has 0 saturated heterocycles. The average molecular weight is 337 g/mol. The molecule has 1 rings (SSSR count). The summed E-state index contributed by atoms with van der Waals surface area (Å²) in [6.07, 6.45) is 6.83. The molecule has 0 aliphatic heterocycles. The molecule has 0 aromatic rings. The van der Waals surface area contributed by atoms with Crippen molar-refractivity contribution in [2.75, 3.05) is 0 Å². The normalized spacial score (nSPS) is 18.1. The molecule has 0 radical (unpaired) electrons. The van der Waals surface area contributed by atoms with Gasteiger partial charge in [0.1, 0.15) is 0 Å². The van der Waals surface area contributed by atoms with Gasteiger partial charge in [0.25, 0.3) is 0 Å². The predicted octanol–water partition coefficient (Wildman–Crippen LogP) is 4.33. The molecule has 1 aliphatic rings. The van der Waals surface area contributed by atoms with Gasteiger partial charge in [-0.25, -0.2) is 0 Å². The summed E-state index contributed by atoms with van der Waals surface area (Å²) < 4.78 is 3.95. The molecule has 12 heavy (non-hydrogen) atoms. The van der Waals surface area contributed by atoms with Crippen LogP contribution in [0.4, 0.5) is 0 Å². The Morgan fingerprint density at radius 3 is 2.08 bits per heavy atom. The summed E-state index contributed by atoms with van der Waals surface area (Å²) in [7, 11) is 0. The van der Waals surface area contributed by atoms with Crippen LogP contribution in [-0.2, 0) is 17.3 Å². The molecule has 0 spiro atoms. The Hall–Kier alpha value is 0.428. The maximum absolute atomic E-state index is 2.56. The molecule has 1 heteroatoms. The predicted molar refractivity (Wildman–Crippen MR) is 52.1 cm³/mol. The van der Waals surface area contributed by atoms with E-state index in [4.69, 9.17) is 0 Å². The van der Waals surface area contributed by atoms with Crippen molar-refractivity contribution in [3.8, 4) is 0 Å². The summed E-state index contributed by atoms with van der Waals surface area (Å²) in [6.45, 7) is 9.75. The molecule has 0 aromatic carbocycles. The molecule has 0 saturated carbocycles. The monoisotopic (exact) mass is 337 g/mol. The van der Waals surface area contributed by atoms with Gasteiger partial charge < -0.3 is 0 Å². The zero-order chi connectivity index (χ0) is 9.14. The van der Waals surface area contributed by atoms with Crippen molar-refractivity contribution < 1.29 is 17.3 Å². The van der Waals surface area contributed by atoms with Crippen molar-refractivity contribution in [2.24, 2.45) is 0 Å². The summed E-state index contributed by atoms with van der Waals surface area (Å²) in [4.78, 5) is 0. The van der Waals surface area contributed by atoms with Crippen LogP contribution in [0.5, 0.6) is 0 Å². The Labute approximate surface area is 83.0 Å². The van der Waals surface area contributed by atoms with Gasteiger partial charge in [0.15, 0.2) is 0 Å². The third-order valence-corrected chi connectivity index (χ3v) is 13.1. The van der Waals surface area contributed by atoms with Gasteiger partial charge in [-0.3, -0.25) is 0 Å². The first-order chi connectivity index (χ1) is 5.63. The quantitative estimate of drug-likeness (QED) is 0.719. The van der Waals surface area contributed by atoms with E-state index in [1.54, 1.807) is 0 Å². The number of allylic oxidation sites excluding steroid dienone is 2. The fraction of sp³-hybridized carbons (Fsp3) is 0.818. The average Bonchev–Trinajstić information content (AvgIpc) is 2.37. The Kier molecular flexibility index (Phi) is 4.03. The molecule has 0 unspecified atom stereocenters. The van der Waals surface area contributed by atoms with E-state index in [1.165, 1.54) is 19.3 Å². The van der Waals surface area contributed by atoms with E-state index in [0.29, 0.717) is 0 Å². The Bertz CT molecular complexity index is 160. The first-order valence-electron chi connectivity index (χ1n) is 5.04. The molecule has 0 amide bonds. The van der Waals surface area contributed by atoms with Gasteiger partial charge >= 0.3 is 82.9 Å². The second-order valence-corrected chi connectivity index (χ2v) is 15.4. The molecule has 1 aliphatic carbocycles. The van der Waals surface area contributed by atoms with Crippen molar-refractivity contribution >= 4 is 0 Å². The summed E-state index contributed by atoms with van der Waals surface area (Å²) in [5, 5.41) is 0. The third-order valence-electron chi connectivity index (χ3n) is 2.32. The molecule has 0 aromatic heterocycles. The van der Waals surface area contributed by atoms with E-state index < -0.39 is 17.3 Å². The first-order valence-corrected chi connectivity index (χ1v) is 9.89. The SMILES string of the molecule is C[CH](C)[W]([C]1=CCCC1)[CH](C)C. The molecular formula is C11H21W. The van der Waals surface area contributed by atoms with Crippen molar-refractivity contribution in [1.82, 2.24) is 0 Å². The second-order valence-electron chi connectivity index (χ2n) is 4.03. The van der Waals surface area contributed by atoms with Crippen LogP contribution in [0, 0.1) is 0 Å². The molecular weight excluding hydrogens is 316 g/mol. The van der Waals surface area contributed by atoms with E-state index in [0.717, 1.165) is 8.62 Å². The van der Waals surface area contributed by atoms with E-state index in [9.17, 15) is 0 Å². The van der Waals surface area contributed by atoms with Crippen LogP contribution in [-0.4, -0.2) is 0 Å². The minimum absolute atomic E-state index is 1.01. The van der Waals surface area contributed by atoms with E-state index in [1.807, 2.05) is 3.96 Å². The van der Waals surface area contributed by atoms with Crippen LogP contribution in [0.1, 0.15) is 47.0 Å². The van der Waals surface area contributed by atoms with Crippen LogP contribution < -0.4 is 0 Å². The fourth-order valence-electron chi connectivity index (χ4n) is 2.01. The van der Waals surface area contributed by atoms with E-state index >= 15 is 0 Å². The summed E-state index contributed by atoms with van der Waals surface area (Å²) in [5.41, 5.74) is 0. The topological polar surface area (TPSA) is 0 Å². The van der Waals surface area contributed by atoms with Crippen molar-refractivity contribution in [2.45, 2.75) is 55.6 Å². The minimum atomic E-state index is -1.14. The molecule has 0 nitrogen and oxygen atoms in total. The molecule has 0 atom stereocenters. The van der Waals surface area contributed by atoms with Gasteiger partial charge in [-0.2, -0.15) is 0 Å². The Balaban J connectivity index is 2.65. The second kappa shape index (κ2) is 4.60. The molecule has 0 heterocycles. The summed E-state index contributed by atoms with van der Waals surface area (Å²) >= 11 is -1.14. The van der Waals surface area contributed by atoms with E-state index in [-0.39, 0.29) is 0 Å². The van der Waals surface area contributed by atoms with Crippen LogP contribution in [0.15, 0.2) is 10.0 Å². The Morgan fingerprint density at radius 1 is 1.17 bits per heavy atom. The number of hydrogen-bond acceptors (Lipinski definition) is 0. The fourth-order valence-corrected chi connectivity index (χ4v) is 12.7. The van der Waals surface area contributed by atoms with Gasteiger partial charge in [-0.1, -0.05) is 0 Å². The summed E-state index contributed by atoms with van der Waals surface area (Å²) in [6, 6.07) is 0. The van der Waals surface area contributed by atoms with Crippen molar-refractivity contribution in [3.05, 3.63) is 10.0 Å². The van der Waals surface area contributed by atoms with Gasteiger partial charge in [0.2, 0.25) is 0 Å². The zero-order valence-corrected chi connectivity index (χ0v) is 11.7. The number of rotatable bonds is 3. The third kappa shape index (κ3) is 2.46. The zero-order valence-electron chi connectivity index (χ0n) is 8.76. The van der Waals surface area contributed by atoms with Crippen LogP contribution in [0.2, 0.25) is 8.62 Å². The maximum atomic E-state index is 2.56. The van der Waals surface area contributed by atoms with Gasteiger partial charge in [-0.15, -0.1) is 0 Å². The molecule has 0 N–H and O–H groups in total. The Morgan fingerprint density at radius 2 is 1.75 bits per heavy atom. The van der Waals surface area contributed by atoms with Gasteiger partial charge in [0, 0.05) is 0 Å². The van der Waals surface area contributed by atoms with Crippen molar-refractivity contribution in [3.63, 3.8) is 0 Å². The summed E-state index contributed by atoms with van der Waals surface area (Å²) in [5.74, 6) is 0. The number of hydrogen-bond donors (Lipinski definition) is 0. The standard InChI is InChI=1S/C5H7.2C3H7.W/c1-2-4-5-3-1;2*1-3-2;/h1H,2,4-5H2;2*3H,1-2H3;. The van der Waals surface area contributed by atoms with Gasteiger partial charge in [0.05, 0.1) is 0 Å². The van der Waals surface area contributed by atoms with E-state index in [2.05, 4.69) is 33.8 Å². The van der Waals surface area contributed by atoms with Crippen LogP contribution in [0.25, 0.3) is 0 Å². The molecule has 0 fully saturated rings. The van der Waals surface area contributed by atoms with Crippen LogP contribution >= 0.6 is 0 Å². The molecule has 0 bridgehead atoms. The van der Waals surface area contributed by atoms with Crippen LogP contribution in [0.3, 0.4) is 0 Å².